The van der Waals surface area contributed by atoms with Gasteiger partial charge in [-0.2, -0.15) is 15.0 Å². The van der Waals surface area contributed by atoms with Crippen LogP contribution in [-0.4, -0.2) is 48.5 Å². The molecule has 0 radical (unpaired) electrons. The minimum absolute atomic E-state index is 0.112. The van der Waals surface area contributed by atoms with Crippen LogP contribution in [0.5, 0.6) is 0 Å². The number of hydrogen-bond acceptors (Lipinski definition) is 5. The molecule has 2 unspecified atom stereocenters. The smallest absolute Gasteiger partial charge is 0.103 e. The molecule has 2 atom stereocenters. The third kappa shape index (κ3) is 4.86. The van der Waals surface area contributed by atoms with E-state index in [4.69, 9.17) is 9.47 Å². The highest BCUT2D eigenvalue weighted by molar-refractivity contribution is 5.29. The first-order valence-corrected chi connectivity index (χ1v) is 7.90. The van der Waals surface area contributed by atoms with Crippen LogP contribution in [0.25, 0.3) is 5.69 Å². The summed E-state index contributed by atoms with van der Waals surface area (Å²) in [6.07, 6.45) is 1.00. The summed E-state index contributed by atoms with van der Waals surface area (Å²) in [6, 6.07) is 10.1. The lowest BCUT2D eigenvalue weighted by Gasteiger charge is -2.16. The van der Waals surface area contributed by atoms with E-state index in [1.54, 1.807) is 19.0 Å². The quantitative estimate of drug-likeness (QED) is 0.768. The standard InChI is InChI=1S/C17H26N4O2/c1-13(18-11-10-16(23-4)12-22-3)17-14(2)19-21(20-17)15-8-6-5-7-9-15/h5-9,13,16,18H,10-12H2,1-4H3. The predicted molar refractivity (Wildman–Crippen MR) is 89.8 cm³/mol. The maximum atomic E-state index is 5.37. The highest BCUT2D eigenvalue weighted by atomic mass is 16.5. The third-order valence-electron chi connectivity index (χ3n) is 3.82. The number of benzene rings is 1. The topological polar surface area (TPSA) is 61.2 Å². The van der Waals surface area contributed by atoms with Crippen LogP contribution >= 0.6 is 0 Å². The van der Waals surface area contributed by atoms with Crippen LogP contribution in [0, 0.1) is 6.92 Å². The van der Waals surface area contributed by atoms with Gasteiger partial charge in [-0.05, 0) is 38.9 Å². The van der Waals surface area contributed by atoms with Gasteiger partial charge in [0.1, 0.15) is 5.69 Å². The molecule has 0 aliphatic rings. The average Bonchev–Trinajstić information content (AvgIpc) is 2.96. The molecule has 0 saturated carbocycles. The van der Waals surface area contributed by atoms with Gasteiger partial charge < -0.3 is 14.8 Å². The molecule has 6 heteroatoms. The Bertz CT molecular complexity index is 586. The third-order valence-corrected chi connectivity index (χ3v) is 3.82. The first kappa shape index (κ1) is 17.6. The monoisotopic (exact) mass is 318 g/mol. The van der Waals surface area contributed by atoms with E-state index in [2.05, 4.69) is 22.4 Å². The number of ether oxygens (including phenoxy) is 2. The van der Waals surface area contributed by atoms with E-state index in [0.29, 0.717) is 6.61 Å². The lowest BCUT2D eigenvalue weighted by molar-refractivity contribution is 0.0234. The Morgan fingerprint density at radius 2 is 1.91 bits per heavy atom. The number of hydrogen-bond donors (Lipinski definition) is 1. The molecule has 1 heterocycles. The molecule has 126 valence electrons. The number of para-hydroxylation sites is 1. The maximum absolute atomic E-state index is 5.37. The fourth-order valence-corrected chi connectivity index (χ4v) is 2.48. The Balaban J connectivity index is 1.95. The maximum Gasteiger partial charge on any atom is 0.103 e. The van der Waals surface area contributed by atoms with Gasteiger partial charge in [0.2, 0.25) is 0 Å². The van der Waals surface area contributed by atoms with Crippen molar-refractivity contribution in [3.63, 3.8) is 0 Å². The van der Waals surface area contributed by atoms with Crippen LogP contribution in [0.4, 0.5) is 0 Å². The number of aromatic nitrogens is 3. The van der Waals surface area contributed by atoms with Gasteiger partial charge in [0.05, 0.1) is 30.1 Å². The van der Waals surface area contributed by atoms with E-state index in [1.165, 1.54) is 0 Å². The molecule has 1 aromatic heterocycles. The minimum atomic E-state index is 0.112. The predicted octanol–water partition coefficient (Wildman–Crippen LogP) is 2.28. The lowest BCUT2D eigenvalue weighted by Crippen LogP contribution is -2.27. The highest BCUT2D eigenvalue weighted by Gasteiger charge is 2.15. The zero-order valence-electron chi connectivity index (χ0n) is 14.3. The second-order valence-electron chi connectivity index (χ2n) is 5.57. The van der Waals surface area contributed by atoms with Gasteiger partial charge in [0.15, 0.2) is 0 Å². The summed E-state index contributed by atoms with van der Waals surface area (Å²) in [6.45, 7) is 5.53. The number of aryl methyl sites for hydroxylation is 1. The number of nitrogens with one attached hydrogen (secondary N) is 1. The summed E-state index contributed by atoms with van der Waals surface area (Å²) in [5.41, 5.74) is 2.87. The summed E-state index contributed by atoms with van der Waals surface area (Å²) >= 11 is 0. The number of rotatable bonds is 9. The zero-order chi connectivity index (χ0) is 16.7. The van der Waals surface area contributed by atoms with Crippen molar-refractivity contribution in [2.75, 3.05) is 27.4 Å². The first-order chi connectivity index (χ1) is 11.2. The Kier molecular flexibility index (Phi) is 6.70. The molecule has 0 bridgehead atoms. The molecule has 1 N–H and O–H groups in total. The van der Waals surface area contributed by atoms with Crippen LogP contribution in [0.2, 0.25) is 0 Å². The second kappa shape index (κ2) is 8.76. The van der Waals surface area contributed by atoms with Crippen LogP contribution in [0.3, 0.4) is 0 Å². The summed E-state index contributed by atoms with van der Waals surface area (Å²) in [7, 11) is 3.40. The van der Waals surface area contributed by atoms with E-state index in [-0.39, 0.29) is 12.1 Å². The van der Waals surface area contributed by atoms with Gasteiger partial charge in [0, 0.05) is 14.2 Å². The molecule has 2 rings (SSSR count). The van der Waals surface area contributed by atoms with Crippen LogP contribution in [0.15, 0.2) is 30.3 Å². The Hall–Kier alpha value is -1.76. The second-order valence-corrected chi connectivity index (χ2v) is 5.57. The molecule has 0 saturated heterocycles. The molecular formula is C17H26N4O2. The number of methoxy groups -OCH3 is 2. The van der Waals surface area contributed by atoms with Crippen LogP contribution in [-0.2, 0) is 9.47 Å². The summed E-state index contributed by atoms with van der Waals surface area (Å²) in [4.78, 5) is 1.69. The molecule has 0 amide bonds. The minimum Gasteiger partial charge on any atom is -0.382 e. The molecule has 23 heavy (non-hydrogen) atoms. The Morgan fingerprint density at radius 1 is 1.17 bits per heavy atom. The Morgan fingerprint density at radius 3 is 2.57 bits per heavy atom. The van der Waals surface area contributed by atoms with Gasteiger partial charge in [-0.1, -0.05) is 18.2 Å². The van der Waals surface area contributed by atoms with Crippen molar-refractivity contribution >= 4 is 0 Å². The van der Waals surface area contributed by atoms with Crippen molar-refractivity contribution in [3.05, 3.63) is 41.7 Å². The van der Waals surface area contributed by atoms with E-state index in [1.807, 2.05) is 37.3 Å². The first-order valence-electron chi connectivity index (χ1n) is 7.90. The van der Waals surface area contributed by atoms with Gasteiger partial charge >= 0.3 is 0 Å². The van der Waals surface area contributed by atoms with E-state index >= 15 is 0 Å². The van der Waals surface area contributed by atoms with E-state index in [9.17, 15) is 0 Å². The molecule has 1 aromatic carbocycles. The highest BCUT2D eigenvalue weighted by Crippen LogP contribution is 2.15. The molecule has 0 spiro atoms. The summed E-state index contributed by atoms with van der Waals surface area (Å²) < 4.78 is 10.5. The van der Waals surface area contributed by atoms with Crippen LogP contribution < -0.4 is 5.32 Å². The molecule has 0 aliphatic heterocycles. The van der Waals surface area contributed by atoms with Crippen molar-refractivity contribution in [2.45, 2.75) is 32.4 Å². The van der Waals surface area contributed by atoms with Crippen molar-refractivity contribution in [2.24, 2.45) is 0 Å². The molecule has 0 aliphatic carbocycles. The van der Waals surface area contributed by atoms with Gasteiger partial charge in [-0.3, -0.25) is 0 Å². The summed E-state index contributed by atoms with van der Waals surface area (Å²) in [5.74, 6) is 0. The summed E-state index contributed by atoms with van der Waals surface area (Å²) in [5, 5.41) is 12.6. The average molecular weight is 318 g/mol. The largest absolute Gasteiger partial charge is 0.382 e. The molecule has 6 nitrogen and oxygen atoms in total. The van der Waals surface area contributed by atoms with Crippen molar-refractivity contribution in [1.82, 2.24) is 20.3 Å². The fraction of sp³-hybridized carbons (Fsp3) is 0.529. The molecule has 0 fully saturated rings. The van der Waals surface area contributed by atoms with E-state index in [0.717, 1.165) is 30.0 Å². The van der Waals surface area contributed by atoms with Crippen molar-refractivity contribution < 1.29 is 9.47 Å². The normalized spacial score (nSPS) is 13.9. The van der Waals surface area contributed by atoms with E-state index < -0.39 is 0 Å². The van der Waals surface area contributed by atoms with Gasteiger partial charge in [-0.25, -0.2) is 0 Å². The molecule has 2 aromatic rings. The van der Waals surface area contributed by atoms with Crippen LogP contribution in [0.1, 0.15) is 30.8 Å². The Labute approximate surface area is 137 Å². The zero-order valence-corrected chi connectivity index (χ0v) is 14.3. The SMILES string of the molecule is COCC(CCNC(C)c1nn(-c2ccccc2)nc1C)OC. The fourth-order valence-electron chi connectivity index (χ4n) is 2.48. The van der Waals surface area contributed by atoms with Crippen molar-refractivity contribution in [1.29, 1.82) is 0 Å². The van der Waals surface area contributed by atoms with Gasteiger partial charge in [0.25, 0.3) is 0 Å². The van der Waals surface area contributed by atoms with Gasteiger partial charge in [-0.15, -0.1) is 0 Å². The molecular weight excluding hydrogens is 292 g/mol. The number of nitrogens with zero attached hydrogens (tertiary/aromatic N) is 3. The lowest BCUT2D eigenvalue weighted by atomic mass is 10.2. The van der Waals surface area contributed by atoms with Crippen molar-refractivity contribution in [3.8, 4) is 5.69 Å².